The molecule has 0 nitrogen and oxygen atoms in total. The fourth-order valence-electron chi connectivity index (χ4n) is 0.453. The fraction of sp³-hybridized carbons (Fsp3) is 0.300. The average Bonchev–Trinajstić information content (AvgIpc) is 1.87. The monoisotopic (exact) mass is 134 g/mol. The minimum Gasteiger partial charge on any atom is -0.114 e. The molecule has 0 amide bonds. The van der Waals surface area contributed by atoms with Gasteiger partial charge in [-0.05, 0) is 37.5 Å². The van der Waals surface area contributed by atoms with Gasteiger partial charge in [-0.25, -0.2) is 0 Å². The third kappa shape index (κ3) is 3.11. The van der Waals surface area contributed by atoms with Gasteiger partial charge in [0.2, 0.25) is 0 Å². The van der Waals surface area contributed by atoms with Crippen LogP contribution in [-0.4, -0.2) is 0 Å². The van der Waals surface area contributed by atoms with Gasteiger partial charge in [-0.3, -0.25) is 0 Å². The molecule has 0 radical (unpaired) electrons. The highest BCUT2D eigenvalue weighted by Gasteiger charge is 1.85. The van der Waals surface area contributed by atoms with Crippen LogP contribution in [0.4, 0.5) is 0 Å². The Hall–Kier alpha value is -1.00. The summed E-state index contributed by atoms with van der Waals surface area (Å²) in [5.74, 6) is 0. The van der Waals surface area contributed by atoms with Gasteiger partial charge < -0.3 is 0 Å². The van der Waals surface area contributed by atoms with Crippen LogP contribution < -0.4 is 0 Å². The van der Waals surface area contributed by atoms with Crippen LogP contribution in [0.3, 0.4) is 0 Å². The Morgan fingerprint density at radius 1 is 1.30 bits per heavy atom. The molecule has 0 unspecified atom stereocenters. The van der Waals surface area contributed by atoms with Crippen molar-refractivity contribution in [3.05, 3.63) is 41.7 Å². The van der Waals surface area contributed by atoms with Crippen molar-refractivity contribution in [1.29, 1.82) is 0 Å². The van der Waals surface area contributed by atoms with Crippen molar-refractivity contribution in [2.75, 3.05) is 0 Å². The molecular weight excluding hydrogens is 120 g/mol. The molecular formula is C10H14. The topological polar surface area (TPSA) is 0 Å². The van der Waals surface area contributed by atoms with Crippen LogP contribution in [0.15, 0.2) is 41.7 Å². The third-order valence-electron chi connectivity index (χ3n) is 1.33. The van der Waals surface area contributed by atoms with Crippen LogP contribution >= 0.6 is 0 Å². The molecule has 0 heteroatoms. The van der Waals surface area contributed by atoms with Crippen LogP contribution in [-0.2, 0) is 0 Å². The molecule has 0 saturated carbocycles. The lowest BCUT2D eigenvalue weighted by molar-refractivity contribution is 1.36. The number of rotatable bonds is 2. The van der Waals surface area contributed by atoms with Crippen molar-refractivity contribution in [3.8, 4) is 0 Å². The first-order valence-electron chi connectivity index (χ1n) is 3.30. The Kier molecular flexibility index (Phi) is 3.53. The van der Waals surface area contributed by atoms with Crippen molar-refractivity contribution in [2.45, 2.75) is 20.8 Å². The Balaban J connectivity index is 4.74. The van der Waals surface area contributed by atoms with E-state index in [4.69, 9.17) is 0 Å². The van der Waals surface area contributed by atoms with Gasteiger partial charge in [0, 0.05) is 0 Å². The van der Waals surface area contributed by atoms with Crippen molar-refractivity contribution in [1.82, 2.24) is 0 Å². The van der Waals surface area contributed by atoms with E-state index in [-0.39, 0.29) is 0 Å². The lowest BCUT2D eigenvalue weighted by atomic mass is 10.1. The Bertz CT molecular complexity index is 210. The van der Waals surface area contributed by atoms with E-state index in [0.717, 1.165) is 16.7 Å². The highest BCUT2D eigenvalue weighted by molar-refractivity contribution is 5.27. The predicted octanol–water partition coefficient (Wildman–Crippen LogP) is 3.24. The molecule has 0 rings (SSSR count). The SMILES string of the molecule is C=CC(C)=C=C(C)C(=C)C. The highest BCUT2D eigenvalue weighted by atomic mass is 13.9. The van der Waals surface area contributed by atoms with E-state index < -0.39 is 0 Å². The number of hydrogen-bond acceptors (Lipinski definition) is 0. The maximum absolute atomic E-state index is 3.80. The molecule has 10 heavy (non-hydrogen) atoms. The summed E-state index contributed by atoms with van der Waals surface area (Å²) in [7, 11) is 0. The van der Waals surface area contributed by atoms with E-state index in [1.807, 2.05) is 20.8 Å². The van der Waals surface area contributed by atoms with Crippen molar-refractivity contribution < 1.29 is 0 Å². The lowest BCUT2D eigenvalue weighted by Gasteiger charge is -1.92. The second-order valence-corrected chi connectivity index (χ2v) is 2.42. The Labute approximate surface area is 63.3 Å². The summed E-state index contributed by atoms with van der Waals surface area (Å²) in [5, 5.41) is 0. The minimum atomic E-state index is 1.06. The van der Waals surface area contributed by atoms with Gasteiger partial charge in [0.25, 0.3) is 0 Å². The Morgan fingerprint density at radius 3 is 2.10 bits per heavy atom. The maximum atomic E-state index is 3.80. The van der Waals surface area contributed by atoms with Crippen molar-refractivity contribution >= 4 is 0 Å². The summed E-state index contributed by atoms with van der Waals surface area (Å²) in [5.41, 5.74) is 6.35. The van der Waals surface area contributed by atoms with E-state index >= 15 is 0 Å². The summed E-state index contributed by atoms with van der Waals surface area (Å²) >= 11 is 0. The normalized spacial score (nSPS) is 7.90. The second-order valence-electron chi connectivity index (χ2n) is 2.42. The maximum Gasteiger partial charge on any atom is -0.00653 e. The molecule has 0 aliphatic rings. The van der Waals surface area contributed by atoms with Crippen LogP contribution in [0.5, 0.6) is 0 Å². The molecule has 0 atom stereocenters. The molecule has 0 aliphatic carbocycles. The van der Waals surface area contributed by atoms with Gasteiger partial charge in [-0.1, -0.05) is 19.2 Å². The van der Waals surface area contributed by atoms with Gasteiger partial charge in [-0.2, -0.15) is 0 Å². The molecule has 0 bridgehead atoms. The van der Waals surface area contributed by atoms with E-state index in [2.05, 4.69) is 18.9 Å². The summed E-state index contributed by atoms with van der Waals surface area (Å²) in [6.07, 6.45) is 1.78. The first-order valence-corrected chi connectivity index (χ1v) is 3.30. The molecule has 0 aromatic carbocycles. The average molecular weight is 134 g/mol. The second kappa shape index (κ2) is 3.92. The molecule has 0 fully saturated rings. The zero-order chi connectivity index (χ0) is 8.15. The third-order valence-corrected chi connectivity index (χ3v) is 1.33. The summed E-state index contributed by atoms with van der Waals surface area (Å²) in [6, 6.07) is 0. The predicted molar refractivity (Wildman–Crippen MR) is 46.9 cm³/mol. The first kappa shape index (κ1) is 9.00. The molecule has 0 aliphatic heterocycles. The van der Waals surface area contributed by atoms with Gasteiger partial charge in [0.1, 0.15) is 0 Å². The van der Waals surface area contributed by atoms with E-state index in [9.17, 15) is 0 Å². The van der Waals surface area contributed by atoms with Crippen LogP contribution in [0.25, 0.3) is 0 Å². The Morgan fingerprint density at radius 2 is 1.80 bits per heavy atom. The van der Waals surface area contributed by atoms with E-state index in [1.54, 1.807) is 6.08 Å². The summed E-state index contributed by atoms with van der Waals surface area (Å²) in [6.45, 7) is 13.4. The minimum absolute atomic E-state index is 1.06. The van der Waals surface area contributed by atoms with Gasteiger partial charge in [0.05, 0.1) is 0 Å². The van der Waals surface area contributed by atoms with Crippen molar-refractivity contribution in [2.24, 2.45) is 0 Å². The fourth-order valence-corrected chi connectivity index (χ4v) is 0.453. The lowest BCUT2D eigenvalue weighted by Crippen LogP contribution is -1.72. The van der Waals surface area contributed by atoms with Gasteiger partial charge in [-0.15, -0.1) is 5.73 Å². The smallest absolute Gasteiger partial charge is 0.00653 e. The molecule has 0 aromatic rings. The molecule has 0 aromatic heterocycles. The van der Waals surface area contributed by atoms with Crippen LogP contribution in [0, 0.1) is 0 Å². The van der Waals surface area contributed by atoms with Crippen molar-refractivity contribution in [3.63, 3.8) is 0 Å². The molecule has 0 saturated heterocycles. The number of hydrogen-bond donors (Lipinski definition) is 0. The zero-order valence-electron chi connectivity index (χ0n) is 6.99. The molecule has 0 heterocycles. The highest BCUT2D eigenvalue weighted by Crippen LogP contribution is 2.04. The van der Waals surface area contributed by atoms with Gasteiger partial charge in [0.15, 0.2) is 0 Å². The molecule has 54 valence electrons. The first-order chi connectivity index (χ1) is 4.57. The van der Waals surface area contributed by atoms with Gasteiger partial charge >= 0.3 is 0 Å². The quantitative estimate of drug-likeness (QED) is 0.401. The summed E-state index contributed by atoms with van der Waals surface area (Å²) < 4.78 is 0. The van der Waals surface area contributed by atoms with Crippen LogP contribution in [0.2, 0.25) is 0 Å². The van der Waals surface area contributed by atoms with E-state index in [0.29, 0.717) is 0 Å². The molecule has 0 spiro atoms. The largest absolute Gasteiger partial charge is 0.114 e. The zero-order valence-corrected chi connectivity index (χ0v) is 6.99. The standard InChI is InChI=1S/C10H14/c1-6-9(4)7-10(5)8(2)3/h6H,1-2H2,3-5H3. The van der Waals surface area contributed by atoms with Crippen LogP contribution in [0.1, 0.15) is 20.8 Å². The van der Waals surface area contributed by atoms with E-state index in [1.165, 1.54) is 0 Å². The molecule has 0 N–H and O–H groups in total. The number of allylic oxidation sites excluding steroid dienone is 3. The summed E-state index contributed by atoms with van der Waals surface area (Å²) in [4.78, 5) is 0.